The molecule has 1 N–H and O–H groups in total. The highest BCUT2D eigenvalue weighted by atomic mass is 16.3. The summed E-state index contributed by atoms with van der Waals surface area (Å²) in [6.07, 6.45) is 9.46. The van der Waals surface area contributed by atoms with Gasteiger partial charge in [0, 0.05) is 0 Å². The molecule has 1 heteroatoms. The molecule has 0 aliphatic heterocycles. The molecule has 0 amide bonds. The smallest absolute Gasteiger partial charge is 0.0755 e. The van der Waals surface area contributed by atoms with Gasteiger partial charge in [-0.15, -0.1) is 0 Å². The van der Waals surface area contributed by atoms with Crippen molar-refractivity contribution < 1.29 is 5.11 Å². The average molecular weight is 168 g/mol. The molecule has 0 saturated heterocycles. The van der Waals surface area contributed by atoms with Crippen molar-refractivity contribution in [3.63, 3.8) is 0 Å². The van der Waals surface area contributed by atoms with Crippen LogP contribution in [0.1, 0.15) is 33.6 Å². The third-order valence-corrected chi connectivity index (χ3v) is 1.50. The first-order chi connectivity index (χ1) is 5.66. The Bertz CT molecular complexity index is 145. The zero-order valence-corrected chi connectivity index (χ0v) is 8.33. The SMILES string of the molecule is CCC=CCC(O)C=CC(C)C. The summed E-state index contributed by atoms with van der Waals surface area (Å²) >= 11 is 0. The quantitative estimate of drug-likeness (QED) is 0.626. The van der Waals surface area contributed by atoms with Gasteiger partial charge in [0.1, 0.15) is 0 Å². The zero-order chi connectivity index (χ0) is 9.40. The summed E-state index contributed by atoms with van der Waals surface area (Å²) in [5, 5.41) is 9.39. The second-order valence-corrected chi connectivity index (χ2v) is 3.31. The molecule has 1 unspecified atom stereocenters. The lowest BCUT2D eigenvalue weighted by atomic mass is 10.1. The number of hydrogen-bond acceptors (Lipinski definition) is 1. The first kappa shape index (κ1) is 11.4. The highest BCUT2D eigenvalue weighted by Gasteiger charge is 1.94. The van der Waals surface area contributed by atoms with E-state index in [1.807, 2.05) is 18.2 Å². The van der Waals surface area contributed by atoms with Gasteiger partial charge in [-0.2, -0.15) is 0 Å². The lowest BCUT2D eigenvalue weighted by molar-refractivity contribution is 0.226. The van der Waals surface area contributed by atoms with Crippen molar-refractivity contribution in [1.82, 2.24) is 0 Å². The largest absolute Gasteiger partial charge is 0.389 e. The number of allylic oxidation sites excluding steroid dienone is 2. The molecule has 0 bridgehead atoms. The first-order valence-electron chi connectivity index (χ1n) is 4.68. The molecule has 0 aromatic heterocycles. The second-order valence-electron chi connectivity index (χ2n) is 3.31. The van der Waals surface area contributed by atoms with Crippen LogP contribution in [-0.2, 0) is 0 Å². The van der Waals surface area contributed by atoms with Crippen LogP contribution >= 0.6 is 0 Å². The molecule has 1 atom stereocenters. The van der Waals surface area contributed by atoms with Crippen molar-refractivity contribution in [2.24, 2.45) is 5.92 Å². The van der Waals surface area contributed by atoms with Gasteiger partial charge in [-0.1, -0.05) is 45.1 Å². The van der Waals surface area contributed by atoms with Crippen LogP contribution in [0, 0.1) is 5.92 Å². The summed E-state index contributed by atoms with van der Waals surface area (Å²) in [6.45, 7) is 6.29. The van der Waals surface area contributed by atoms with E-state index < -0.39 is 0 Å². The lowest BCUT2D eigenvalue weighted by Gasteiger charge is -2.01. The Morgan fingerprint density at radius 3 is 2.33 bits per heavy atom. The van der Waals surface area contributed by atoms with Gasteiger partial charge >= 0.3 is 0 Å². The Hall–Kier alpha value is -0.560. The molecule has 0 saturated carbocycles. The maximum absolute atomic E-state index is 9.39. The minimum atomic E-state index is -0.310. The first-order valence-corrected chi connectivity index (χ1v) is 4.68. The van der Waals surface area contributed by atoms with Crippen molar-refractivity contribution in [1.29, 1.82) is 0 Å². The van der Waals surface area contributed by atoms with E-state index in [0.717, 1.165) is 12.8 Å². The molecule has 0 aliphatic rings. The van der Waals surface area contributed by atoms with Crippen LogP contribution in [0.5, 0.6) is 0 Å². The van der Waals surface area contributed by atoms with Crippen LogP contribution in [0.4, 0.5) is 0 Å². The van der Waals surface area contributed by atoms with E-state index >= 15 is 0 Å². The normalized spacial score (nSPS) is 15.1. The summed E-state index contributed by atoms with van der Waals surface area (Å²) in [7, 11) is 0. The molecule has 0 rings (SSSR count). The highest BCUT2D eigenvalue weighted by Crippen LogP contribution is 2.00. The van der Waals surface area contributed by atoms with Crippen molar-refractivity contribution in [3.05, 3.63) is 24.3 Å². The van der Waals surface area contributed by atoms with Gasteiger partial charge in [-0.25, -0.2) is 0 Å². The van der Waals surface area contributed by atoms with E-state index in [1.165, 1.54) is 0 Å². The maximum Gasteiger partial charge on any atom is 0.0755 e. The van der Waals surface area contributed by atoms with E-state index in [1.54, 1.807) is 0 Å². The summed E-state index contributed by atoms with van der Waals surface area (Å²) in [5.41, 5.74) is 0. The molecule has 12 heavy (non-hydrogen) atoms. The summed E-state index contributed by atoms with van der Waals surface area (Å²) in [4.78, 5) is 0. The van der Waals surface area contributed by atoms with Crippen LogP contribution < -0.4 is 0 Å². The molecule has 0 spiro atoms. The van der Waals surface area contributed by atoms with Crippen LogP contribution in [-0.4, -0.2) is 11.2 Å². The predicted molar refractivity (Wildman–Crippen MR) is 54.0 cm³/mol. The topological polar surface area (TPSA) is 20.2 Å². The van der Waals surface area contributed by atoms with Crippen LogP contribution in [0.25, 0.3) is 0 Å². The van der Waals surface area contributed by atoms with E-state index in [4.69, 9.17) is 0 Å². The molecule has 0 fully saturated rings. The fourth-order valence-electron chi connectivity index (χ4n) is 0.831. The number of rotatable bonds is 5. The Morgan fingerprint density at radius 1 is 1.17 bits per heavy atom. The Balaban J connectivity index is 3.58. The monoisotopic (exact) mass is 168 g/mol. The highest BCUT2D eigenvalue weighted by molar-refractivity contribution is 4.95. The van der Waals surface area contributed by atoms with E-state index in [0.29, 0.717) is 5.92 Å². The van der Waals surface area contributed by atoms with Gasteiger partial charge in [0.05, 0.1) is 6.10 Å². The van der Waals surface area contributed by atoms with Crippen molar-refractivity contribution in [3.8, 4) is 0 Å². The fourth-order valence-corrected chi connectivity index (χ4v) is 0.831. The van der Waals surface area contributed by atoms with Crippen LogP contribution in [0.3, 0.4) is 0 Å². The van der Waals surface area contributed by atoms with Gasteiger partial charge in [-0.3, -0.25) is 0 Å². The van der Waals surface area contributed by atoms with Crippen molar-refractivity contribution in [2.75, 3.05) is 0 Å². The van der Waals surface area contributed by atoms with E-state index in [2.05, 4.69) is 26.8 Å². The molecule has 0 aliphatic carbocycles. The van der Waals surface area contributed by atoms with Gasteiger partial charge < -0.3 is 5.11 Å². The van der Waals surface area contributed by atoms with Crippen molar-refractivity contribution in [2.45, 2.75) is 39.7 Å². The Morgan fingerprint density at radius 2 is 1.83 bits per heavy atom. The number of aliphatic hydroxyl groups excluding tert-OH is 1. The third kappa shape index (κ3) is 7.55. The van der Waals surface area contributed by atoms with E-state index in [9.17, 15) is 5.11 Å². The Kier molecular flexibility index (Phi) is 6.78. The molecular formula is C11H20O. The average Bonchev–Trinajstić information content (AvgIpc) is 2.01. The standard InChI is InChI=1S/C11H20O/c1-4-5-6-7-11(12)9-8-10(2)3/h5-6,8-12H,4,7H2,1-3H3. The fraction of sp³-hybridized carbons (Fsp3) is 0.636. The van der Waals surface area contributed by atoms with Crippen molar-refractivity contribution >= 4 is 0 Å². The minimum Gasteiger partial charge on any atom is -0.389 e. The molecule has 0 radical (unpaired) electrons. The summed E-state index contributed by atoms with van der Waals surface area (Å²) in [5.74, 6) is 0.523. The molecule has 0 aromatic rings. The van der Waals surface area contributed by atoms with Crippen LogP contribution in [0.15, 0.2) is 24.3 Å². The summed E-state index contributed by atoms with van der Waals surface area (Å²) < 4.78 is 0. The second kappa shape index (κ2) is 7.11. The van der Waals surface area contributed by atoms with Gasteiger partial charge in [-0.05, 0) is 18.8 Å². The molecule has 0 heterocycles. The van der Waals surface area contributed by atoms with Gasteiger partial charge in [0.15, 0.2) is 0 Å². The zero-order valence-electron chi connectivity index (χ0n) is 8.33. The predicted octanol–water partition coefficient (Wildman–Crippen LogP) is 2.92. The molecular weight excluding hydrogens is 148 g/mol. The third-order valence-electron chi connectivity index (χ3n) is 1.50. The molecule has 0 aromatic carbocycles. The maximum atomic E-state index is 9.39. The minimum absolute atomic E-state index is 0.310. The molecule has 1 nitrogen and oxygen atoms in total. The van der Waals surface area contributed by atoms with E-state index in [-0.39, 0.29) is 6.10 Å². The van der Waals surface area contributed by atoms with Gasteiger partial charge in [0.2, 0.25) is 0 Å². The number of aliphatic hydroxyl groups is 1. The van der Waals surface area contributed by atoms with Crippen LogP contribution in [0.2, 0.25) is 0 Å². The molecule has 70 valence electrons. The lowest BCUT2D eigenvalue weighted by Crippen LogP contribution is -1.99. The number of hydrogen-bond donors (Lipinski definition) is 1. The van der Waals surface area contributed by atoms with Gasteiger partial charge in [0.25, 0.3) is 0 Å². The summed E-state index contributed by atoms with van der Waals surface area (Å²) in [6, 6.07) is 0. The Labute approximate surface area is 75.8 Å².